The van der Waals surface area contributed by atoms with Crippen LogP contribution in [-0.2, 0) is 4.79 Å². The first-order valence-corrected chi connectivity index (χ1v) is 9.15. The minimum Gasteiger partial charge on any atom is -0.497 e. The Labute approximate surface area is 173 Å². The number of carbonyl (C=O) groups is 1. The van der Waals surface area contributed by atoms with E-state index in [1.54, 1.807) is 38.5 Å². The van der Waals surface area contributed by atoms with Crippen LogP contribution in [0, 0.1) is 11.6 Å². The molecule has 7 heteroatoms. The molecule has 0 heterocycles. The minimum absolute atomic E-state index is 0.197. The number of amides is 1. The lowest BCUT2D eigenvalue weighted by Crippen LogP contribution is -2.33. The van der Waals surface area contributed by atoms with Crippen molar-refractivity contribution in [2.75, 3.05) is 20.8 Å². The van der Waals surface area contributed by atoms with Crippen molar-refractivity contribution in [2.45, 2.75) is 6.04 Å². The van der Waals surface area contributed by atoms with E-state index < -0.39 is 30.2 Å². The smallest absolute Gasteiger partial charge is 0.258 e. The number of benzene rings is 3. The summed E-state index contributed by atoms with van der Waals surface area (Å²) >= 11 is 0. The third-order valence-electron chi connectivity index (χ3n) is 4.46. The summed E-state index contributed by atoms with van der Waals surface area (Å²) in [6.07, 6.45) is 0. The molecule has 0 bridgehead atoms. The summed E-state index contributed by atoms with van der Waals surface area (Å²) in [6.45, 7) is -0.425. The molecule has 0 aromatic heterocycles. The number of methoxy groups -OCH3 is 2. The van der Waals surface area contributed by atoms with E-state index in [4.69, 9.17) is 14.2 Å². The molecule has 0 aliphatic heterocycles. The molecular formula is C23H21F2NO4. The first-order valence-electron chi connectivity index (χ1n) is 9.15. The van der Waals surface area contributed by atoms with Gasteiger partial charge < -0.3 is 19.5 Å². The third-order valence-corrected chi connectivity index (χ3v) is 4.46. The summed E-state index contributed by atoms with van der Waals surface area (Å²) in [6, 6.07) is 17.0. The zero-order chi connectivity index (χ0) is 21.5. The summed E-state index contributed by atoms with van der Waals surface area (Å²) in [7, 11) is 3.15. The first-order chi connectivity index (χ1) is 14.5. The van der Waals surface area contributed by atoms with Crippen molar-refractivity contribution in [3.8, 4) is 17.2 Å². The van der Waals surface area contributed by atoms with Gasteiger partial charge in [-0.25, -0.2) is 8.78 Å². The Hall–Kier alpha value is -3.61. The zero-order valence-corrected chi connectivity index (χ0v) is 16.5. The molecule has 5 nitrogen and oxygen atoms in total. The second kappa shape index (κ2) is 9.73. The standard InChI is InChI=1S/C23H21F2NO4/c1-28-18-8-3-15(4-9-18)23(16-5-10-19(29-2)11-6-16)26-22(27)14-30-21-12-7-17(24)13-20(21)25/h3-13,23H,14H2,1-2H3,(H,26,27). The van der Waals surface area contributed by atoms with Crippen LogP contribution in [0.4, 0.5) is 8.78 Å². The average Bonchev–Trinajstić information content (AvgIpc) is 2.77. The molecule has 30 heavy (non-hydrogen) atoms. The predicted molar refractivity (Wildman–Crippen MR) is 108 cm³/mol. The van der Waals surface area contributed by atoms with Crippen LogP contribution in [0.2, 0.25) is 0 Å². The molecule has 0 aliphatic rings. The number of hydrogen-bond donors (Lipinski definition) is 1. The molecule has 0 radical (unpaired) electrons. The van der Waals surface area contributed by atoms with Gasteiger partial charge in [0, 0.05) is 6.07 Å². The highest BCUT2D eigenvalue weighted by Gasteiger charge is 2.18. The molecule has 1 N–H and O–H groups in total. The van der Waals surface area contributed by atoms with Gasteiger partial charge in [-0.05, 0) is 47.5 Å². The Morgan fingerprint density at radius 1 is 0.867 bits per heavy atom. The molecule has 0 atom stereocenters. The number of ether oxygens (including phenoxy) is 3. The Kier molecular flexibility index (Phi) is 6.85. The topological polar surface area (TPSA) is 56.8 Å². The van der Waals surface area contributed by atoms with Crippen molar-refractivity contribution >= 4 is 5.91 Å². The van der Waals surface area contributed by atoms with Gasteiger partial charge in [0.2, 0.25) is 0 Å². The largest absolute Gasteiger partial charge is 0.497 e. The molecule has 3 rings (SSSR count). The summed E-state index contributed by atoms with van der Waals surface area (Å²) < 4.78 is 42.3. The molecule has 0 unspecified atom stereocenters. The number of rotatable bonds is 8. The van der Waals surface area contributed by atoms with Crippen LogP contribution < -0.4 is 19.5 Å². The van der Waals surface area contributed by atoms with Crippen LogP contribution in [0.3, 0.4) is 0 Å². The van der Waals surface area contributed by atoms with Gasteiger partial charge in [-0.15, -0.1) is 0 Å². The Balaban J connectivity index is 1.77. The van der Waals surface area contributed by atoms with E-state index in [1.807, 2.05) is 24.3 Å². The van der Waals surface area contributed by atoms with Crippen LogP contribution in [0.5, 0.6) is 17.2 Å². The number of carbonyl (C=O) groups excluding carboxylic acids is 1. The normalized spacial score (nSPS) is 10.6. The molecule has 0 aliphatic carbocycles. The van der Waals surface area contributed by atoms with E-state index in [2.05, 4.69) is 5.32 Å². The van der Waals surface area contributed by atoms with Gasteiger partial charge in [0.05, 0.1) is 20.3 Å². The second-order valence-electron chi connectivity index (χ2n) is 6.41. The predicted octanol–water partition coefficient (Wildman–Crippen LogP) is 4.27. The highest BCUT2D eigenvalue weighted by Crippen LogP contribution is 2.26. The Bertz CT molecular complexity index is 944. The highest BCUT2D eigenvalue weighted by molar-refractivity contribution is 5.78. The molecular weight excluding hydrogens is 392 g/mol. The van der Waals surface area contributed by atoms with Crippen LogP contribution in [-0.4, -0.2) is 26.7 Å². The van der Waals surface area contributed by atoms with Crippen molar-refractivity contribution in [1.29, 1.82) is 0 Å². The summed E-state index contributed by atoms with van der Waals surface area (Å²) in [5, 5.41) is 2.88. The number of hydrogen-bond acceptors (Lipinski definition) is 4. The van der Waals surface area contributed by atoms with Gasteiger partial charge in [-0.2, -0.15) is 0 Å². The van der Waals surface area contributed by atoms with Crippen molar-refractivity contribution in [3.05, 3.63) is 89.5 Å². The van der Waals surface area contributed by atoms with Crippen LogP contribution in [0.1, 0.15) is 17.2 Å². The van der Waals surface area contributed by atoms with Crippen molar-refractivity contribution < 1.29 is 27.8 Å². The van der Waals surface area contributed by atoms with Crippen LogP contribution in [0.15, 0.2) is 66.7 Å². The van der Waals surface area contributed by atoms with Gasteiger partial charge in [-0.1, -0.05) is 24.3 Å². The molecule has 3 aromatic carbocycles. The van der Waals surface area contributed by atoms with Crippen molar-refractivity contribution in [1.82, 2.24) is 5.32 Å². The summed E-state index contributed by atoms with van der Waals surface area (Å²) in [4.78, 5) is 12.5. The Morgan fingerprint density at radius 2 is 1.40 bits per heavy atom. The van der Waals surface area contributed by atoms with Gasteiger partial charge in [0.25, 0.3) is 5.91 Å². The maximum absolute atomic E-state index is 13.7. The van der Waals surface area contributed by atoms with E-state index in [9.17, 15) is 13.6 Å². The van der Waals surface area contributed by atoms with E-state index >= 15 is 0 Å². The molecule has 0 spiro atoms. The van der Waals surface area contributed by atoms with Crippen molar-refractivity contribution in [3.63, 3.8) is 0 Å². The van der Waals surface area contributed by atoms with Crippen LogP contribution >= 0.6 is 0 Å². The molecule has 0 fully saturated rings. The van der Waals surface area contributed by atoms with Gasteiger partial charge in [0.1, 0.15) is 17.3 Å². The molecule has 156 valence electrons. The lowest BCUT2D eigenvalue weighted by atomic mass is 9.98. The van der Waals surface area contributed by atoms with Crippen molar-refractivity contribution in [2.24, 2.45) is 0 Å². The highest BCUT2D eigenvalue weighted by atomic mass is 19.1. The molecule has 0 saturated carbocycles. The fraction of sp³-hybridized carbons (Fsp3) is 0.174. The Morgan fingerprint density at radius 3 is 1.87 bits per heavy atom. The molecule has 1 amide bonds. The van der Waals surface area contributed by atoms with E-state index in [0.29, 0.717) is 17.6 Å². The second-order valence-corrected chi connectivity index (χ2v) is 6.41. The van der Waals surface area contributed by atoms with E-state index in [0.717, 1.165) is 23.3 Å². The lowest BCUT2D eigenvalue weighted by Gasteiger charge is -2.20. The molecule has 0 saturated heterocycles. The van der Waals surface area contributed by atoms with E-state index in [-0.39, 0.29) is 5.75 Å². The zero-order valence-electron chi connectivity index (χ0n) is 16.5. The maximum atomic E-state index is 13.7. The number of nitrogens with one attached hydrogen (secondary N) is 1. The monoisotopic (exact) mass is 413 g/mol. The molecule has 3 aromatic rings. The maximum Gasteiger partial charge on any atom is 0.258 e. The SMILES string of the molecule is COc1ccc(C(NC(=O)COc2ccc(F)cc2F)c2ccc(OC)cc2)cc1. The average molecular weight is 413 g/mol. The number of halogens is 2. The first kappa shape index (κ1) is 21.1. The third kappa shape index (κ3) is 5.26. The summed E-state index contributed by atoms with van der Waals surface area (Å²) in [5.74, 6) is -0.872. The minimum atomic E-state index is -0.871. The van der Waals surface area contributed by atoms with Gasteiger partial charge in [0.15, 0.2) is 18.2 Å². The summed E-state index contributed by atoms with van der Waals surface area (Å²) in [5.41, 5.74) is 1.64. The fourth-order valence-corrected chi connectivity index (χ4v) is 2.89. The lowest BCUT2D eigenvalue weighted by molar-refractivity contribution is -0.123. The van der Waals surface area contributed by atoms with Crippen LogP contribution in [0.25, 0.3) is 0 Å². The van der Waals surface area contributed by atoms with Gasteiger partial charge in [-0.3, -0.25) is 4.79 Å². The fourth-order valence-electron chi connectivity index (χ4n) is 2.89. The quantitative estimate of drug-likeness (QED) is 0.599. The van der Waals surface area contributed by atoms with E-state index in [1.165, 1.54) is 0 Å². The van der Waals surface area contributed by atoms with Gasteiger partial charge >= 0.3 is 0 Å².